The van der Waals surface area contributed by atoms with Crippen molar-refractivity contribution in [3.63, 3.8) is 0 Å². The molecule has 9 heteroatoms. The largest absolute Gasteiger partial charge is 0.478 e. The molecular formula is C21H14ClNO7. The fourth-order valence-electron chi connectivity index (χ4n) is 2.54. The van der Waals surface area contributed by atoms with Crippen LogP contribution in [0.5, 0.6) is 0 Å². The molecule has 0 radical (unpaired) electrons. The molecule has 1 amide bonds. The molecule has 0 unspecified atom stereocenters. The summed E-state index contributed by atoms with van der Waals surface area (Å²) in [4.78, 5) is 46.1. The van der Waals surface area contributed by atoms with Crippen LogP contribution in [-0.2, 0) is 9.53 Å². The third-order valence-electron chi connectivity index (χ3n) is 3.94. The second kappa shape index (κ2) is 9.06. The summed E-state index contributed by atoms with van der Waals surface area (Å²) in [7, 11) is 0. The number of amides is 1. The Kier molecular flexibility index (Phi) is 6.29. The van der Waals surface area contributed by atoms with Crippen LogP contribution in [0.15, 0.2) is 59.0 Å². The lowest BCUT2D eigenvalue weighted by Crippen LogP contribution is -2.21. The van der Waals surface area contributed by atoms with Crippen LogP contribution in [0.3, 0.4) is 0 Å². The monoisotopic (exact) mass is 427 g/mol. The molecule has 0 aliphatic rings. The van der Waals surface area contributed by atoms with Crippen LogP contribution in [0.1, 0.15) is 31.3 Å². The number of carboxylic acids is 1. The van der Waals surface area contributed by atoms with Gasteiger partial charge in [-0.05, 0) is 48.5 Å². The molecule has 0 aliphatic heterocycles. The molecule has 3 rings (SSSR count). The molecule has 152 valence electrons. The van der Waals surface area contributed by atoms with Gasteiger partial charge in [0.15, 0.2) is 18.7 Å². The topological polar surface area (TPSA) is 123 Å². The van der Waals surface area contributed by atoms with Gasteiger partial charge in [0.1, 0.15) is 5.76 Å². The summed E-state index contributed by atoms with van der Waals surface area (Å²) in [6.07, 6.45) is 0.555. The summed E-state index contributed by atoms with van der Waals surface area (Å²) in [5, 5.41) is 11.5. The maximum Gasteiger partial charge on any atom is 0.340 e. The second-order valence-electron chi connectivity index (χ2n) is 6.02. The van der Waals surface area contributed by atoms with Crippen molar-refractivity contribution in [2.24, 2.45) is 0 Å². The number of hydrogen-bond donors (Lipinski definition) is 2. The molecule has 8 nitrogen and oxygen atoms in total. The predicted octanol–water partition coefficient (Wildman–Crippen LogP) is 3.91. The van der Waals surface area contributed by atoms with Gasteiger partial charge in [-0.2, -0.15) is 0 Å². The number of benzene rings is 2. The molecule has 1 heterocycles. The number of rotatable bonds is 7. The minimum Gasteiger partial charge on any atom is -0.478 e. The molecule has 0 saturated heterocycles. The van der Waals surface area contributed by atoms with E-state index in [2.05, 4.69) is 5.32 Å². The van der Waals surface area contributed by atoms with Crippen LogP contribution in [0.4, 0.5) is 5.69 Å². The third kappa shape index (κ3) is 4.92. The van der Waals surface area contributed by atoms with Crippen LogP contribution >= 0.6 is 11.6 Å². The molecule has 0 aliphatic carbocycles. The van der Waals surface area contributed by atoms with Gasteiger partial charge in [0.05, 0.1) is 16.1 Å². The molecule has 30 heavy (non-hydrogen) atoms. The lowest BCUT2D eigenvalue weighted by atomic mass is 10.1. The Morgan fingerprint density at radius 1 is 1.10 bits per heavy atom. The van der Waals surface area contributed by atoms with Gasteiger partial charge in [-0.15, -0.1) is 0 Å². The number of aromatic carboxylic acids is 1. The number of halogens is 1. The van der Waals surface area contributed by atoms with E-state index in [1.165, 1.54) is 42.5 Å². The van der Waals surface area contributed by atoms with Gasteiger partial charge in [0, 0.05) is 11.3 Å². The number of hydrogen-bond acceptors (Lipinski definition) is 6. The molecule has 3 aromatic rings. The van der Waals surface area contributed by atoms with Crippen LogP contribution in [0.25, 0.3) is 11.3 Å². The summed E-state index contributed by atoms with van der Waals surface area (Å²) in [5.41, 5.74) is 0.761. The van der Waals surface area contributed by atoms with Crippen LogP contribution in [0.2, 0.25) is 5.02 Å². The Bertz CT molecular complexity index is 1140. The fourth-order valence-corrected chi connectivity index (χ4v) is 2.74. The number of carboxylic acid groups (broad SMARTS) is 1. The summed E-state index contributed by atoms with van der Waals surface area (Å²) in [6, 6.07) is 13.2. The van der Waals surface area contributed by atoms with Crippen LogP contribution in [0, 0.1) is 0 Å². The van der Waals surface area contributed by atoms with Crippen LogP contribution in [-0.4, -0.2) is 35.8 Å². The van der Waals surface area contributed by atoms with E-state index in [9.17, 15) is 19.2 Å². The van der Waals surface area contributed by atoms with E-state index in [4.69, 9.17) is 25.9 Å². The third-order valence-corrected chi connectivity index (χ3v) is 4.27. The first-order valence-corrected chi connectivity index (χ1v) is 8.90. The summed E-state index contributed by atoms with van der Waals surface area (Å²) >= 11 is 6.06. The first kappa shape index (κ1) is 20.8. The van der Waals surface area contributed by atoms with E-state index in [-0.39, 0.29) is 27.6 Å². The summed E-state index contributed by atoms with van der Waals surface area (Å²) in [6.45, 7) is -0.604. The van der Waals surface area contributed by atoms with E-state index in [1.54, 1.807) is 12.1 Å². The predicted molar refractivity (Wildman–Crippen MR) is 107 cm³/mol. The van der Waals surface area contributed by atoms with Gasteiger partial charge in [-0.1, -0.05) is 17.7 Å². The zero-order valence-electron chi connectivity index (χ0n) is 15.3. The van der Waals surface area contributed by atoms with Crippen molar-refractivity contribution >= 4 is 41.4 Å². The number of anilines is 1. The van der Waals surface area contributed by atoms with Crippen molar-refractivity contribution in [2.45, 2.75) is 0 Å². The number of carbonyl (C=O) groups is 4. The number of aldehydes is 1. The minimum atomic E-state index is -1.14. The van der Waals surface area contributed by atoms with Crippen molar-refractivity contribution < 1.29 is 33.4 Å². The highest BCUT2D eigenvalue weighted by Gasteiger charge is 2.16. The molecule has 1 aromatic heterocycles. The number of furan rings is 1. The summed E-state index contributed by atoms with van der Waals surface area (Å²) < 4.78 is 10.3. The van der Waals surface area contributed by atoms with Crippen molar-refractivity contribution in [1.82, 2.24) is 0 Å². The van der Waals surface area contributed by atoms with E-state index in [0.29, 0.717) is 17.6 Å². The van der Waals surface area contributed by atoms with Gasteiger partial charge in [-0.25, -0.2) is 9.59 Å². The first-order valence-electron chi connectivity index (χ1n) is 8.52. The van der Waals surface area contributed by atoms with E-state index in [0.717, 1.165) is 0 Å². The van der Waals surface area contributed by atoms with Gasteiger partial charge < -0.3 is 19.6 Å². The normalized spacial score (nSPS) is 10.3. The van der Waals surface area contributed by atoms with Gasteiger partial charge in [0.25, 0.3) is 5.91 Å². The van der Waals surface area contributed by atoms with E-state index in [1.807, 2.05) is 0 Å². The summed E-state index contributed by atoms with van der Waals surface area (Å²) in [5.74, 6) is -2.13. The van der Waals surface area contributed by atoms with Gasteiger partial charge >= 0.3 is 11.9 Å². The average Bonchev–Trinajstić information content (AvgIpc) is 3.22. The zero-order valence-corrected chi connectivity index (χ0v) is 16.0. The van der Waals surface area contributed by atoms with Crippen molar-refractivity contribution in [2.75, 3.05) is 11.9 Å². The van der Waals surface area contributed by atoms with Crippen molar-refractivity contribution in [3.8, 4) is 11.3 Å². The quantitative estimate of drug-likeness (QED) is 0.433. The maximum absolute atomic E-state index is 12.4. The molecule has 0 fully saturated rings. The van der Waals surface area contributed by atoms with Crippen molar-refractivity contribution in [1.29, 1.82) is 0 Å². The van der Waals surface area contributed by atoms with Gasteiger partial charge in [-0.3, -0.25) is 9.59 Å². The zero-order chi connectivity index (χ0) is 21.7. The molecular weight excluding hydrogens is 414 g/mol. The minimum absolute atomic E-state index is 0.00375. The Labute approximate surface area is 175 Å². The lowest BCUT2D eigenvalue weighted by Gasteiger charge is -2.09. The Hall–Kier alpha value is -3.91. The smallest absolute Gasteiger partial charge is 0.340 e. The second-order valence-corrected chi connectivity index (χ2v) is 6.43. The van der Waals surface area contributed by atoms with E-state index < -0.39 is 24.5 Å². The van der Waals surface area contributed by atoms with Crippen molar-refractivity contribution in [3.05, 3.63) is 76.5 Å². The molecule has 0 saturated carbocycles. The number of carbonyl (C=O) groups excluding carboxylic acids is 3. The first-order chi connectivity index (χ1) is 14.4. The van der Waals surface area contributed by atoms with Crippen LogP contribution < -0.4 is 5.32 Å². The molecule has 0 spiro atoms. The highest BCUT2D eigenvalue weighted by atomic mass is 35.5. The highest BCUT2D eigenvalue weighted by Crippen LogP contribution is 2.27. The number of esters is 1. The molecule has 2 aromatic carbocycles. The maximum atomic E-state index is 12.4. The van der Waals surface area contributed by atoms with Gasteiger partial charge in [0.2, 0.25) is 0 Å². The standard InChI is InChI=1S/C21H14ClNO7/c22-17-6-4-12(18-7-5-15(10-24)30-18)9-16(17)21(28)29-11-19(25)23-14-3-1-2-13(8-14)20(26)27/h1-10H,11H2,(H,23,25)(H,26,27). The Balaban J connectivity index is 1.66. The average molecular weight is 428 g/mol. The number of ether oxygens (including phenoxy) is 1. The molecule has 2 N–H and O–H groups in total. The lowest BCUT2D eigenvalue weighted by molar-refractivity contribution is -0.119. The SMILES string of the molecule is O=Cc1ccc(-c2ccc(Cl)c(C(=O)OCC(=O)Nc3cccc(C(=O)O)c3)c2)o1. The highest BCUT2D eigenvalue weighted by molar-refractivity contribution is 6.33. The Morgan fingerprint density at radius 2 is 1.90 bits per heavy atom. The molecule has 0 atom stereocenters. The van der Waals surface area contributed by atoms with E-state index >= 15 is 0 Å². The Morgan fingerprint density at radius 3 is 2.60 bits per heavy atom. The molecule has 0 bridgehead atoms. The fraction of sp³-hybridized carbons (Fsp3) is 0.0476. The number of nitrogens with one attached hydrogen (secondary N) is 1.